The molecule has 0 saturated carbocycles. The number of carbonyl (C=O) groups is 1. The van der Waals surface area contributed by atoms with E-state index in [1.54, 1.807) is 24.7 Å². The van der Waals surface area contributed by atoms with E-state index >= 15 is 0 Å². The second-order valence-corrected chi connectivity index (χ2v) is 3.61. The third-order valence-electron chi connectivity index (χ3n) is 2.22. The first-order valence-corrected chi connectivity index (χ1v) is 4.87. The van der Waals surface area contributed by atoms with Crippen LogP contribution in [0, 0.1) is 0 Å². The van der Waals surface area contributed by atoms with Crippen molar-refractivity contribution < 1.29 is 4.79 Å². The van der Waals surface area contributed by atoms with Crippen LogP contribution in [0.2, 0.25) is 0 Å². The van der Waals surface area contributed by atoms with E-state index in [1.807, 2.05) is 17.8 Å². The maximum absolute atomic E-state index is 11.0. The number of hydrogen-bond acceptors (Lipinski definition) is 3. The number of nitrogens with zero attached hydrogens (tertiary/aromatic N) is 3. The van der Waals surface area contributed by atoms with Crippen molar-refractivity contribution in [2.45, 2.75) is 6.42 Å². The van der Waals surface area contributed by atoms with Gasteiger partial charge in [-0.25, -0.2) is 4.98 Å². The molecule has 0 unspecified atom stereocenters. The van der Waals surface area contributed by atoms with Gasteiger partial charge in [0.25, 0.3) is 0 Å². The van der Waals surface area contributed by atoms with E-state index in [2.05, 4.69) is 9.97 Å². The molecule has 0 bridgehead atoms. The molecule has 0 aliphatic heterocycles. The summed E-state index contributed by atoms with van der Waals surface area (Å²) in [6, 6.07) is 3.29. The zero-order chi connectivity index (χ0) is 11.5. The van der Waals surface area contributed by atoms with Gasteiger partial charge in [-0.15, -0.1) is 0 Å². The van der Waals surface area contributed by atoms with Gasteiger partial charge in [-0.3, -0.25) is 9.78 Å². The SMILES string of the molecule is Cn1cnc(Cc2cc(C(N)=O)ccn2)c1. The van der Waals surface area contributed by atoms with Crippen molar-refractivity contribution in [3.63, 3.8) is 0 Å². The fourth-order valence-corrected chi connectivity index (χ4v) is 1.47. The summed E-state index contributed by atoms with van der Waals surface area (Å²) in [7, 11) is 1.91. The molecule has 0 aromatic carbocycles. The smallest absolute Gasteiger partial charge is 0.248 e. The monoisotopic (exact) mass is 216 g/mol. The first-order chi connectivity index (χ1) is 7.65. The van der Waals surface area contributed by atoms with Gasteiger partial charge in [-0.2, -0.15) is 0 Å². The van der Waals surface area contributed by atoms with Crippen molar-refractivity contribution >= 4 is 5.91 Å². The standard InChI is InChI=1S/C11H12N4O/c1-15-6-10(14-7-15)5-9-4-8(11(12)16)2-3-13-9/h2-4,6-7H,5H2,1H3,(H2,12,16). The van der Waals surface area contributed by atoms with E-state index in [9.17, 15) is 4.79 Å². The molecule has 2 N–H and O–H groups in total. The first kappa shape index (κ1) is 10.4. The Kier molecular flexibility index (Phi) is 2.68. The summed E-state index contributed by atoms with van der Waals surface area (Å²) in [5.41, 5.74) is 7.37. The van der Waals surface area contributed by atoms with Crippen LogP contribution in [0.3, 0.4) is 0 Å². The molecule has 16 heavy (non-hydrogen) atoms. The van der Waals surface area contributed by atoms with Crippen molar-refractivity contribution in [1.29, 1.82) is 0 Å². The molecule has 2 heterocycles. The molecule has 0 aliphatic rings. The maximum atomic E-state index is 11.0. The molecule has 0 saturated heterocycles. The number of hydrogen-bond donors (Lipinski definition) is 1. The van der Waals surface area contributed by atoms with Gasteiger partial charge in [-0.05, 0) is 12.1 Å². The fourth-order valence-electron chi connectivity index (χ4n) is 1.47. The van der Waals surface area contributed by atoms with Crippen molar-refractivity contribution in [2.75, 3.05) is 0 Å². The summed E-state index contributed by atoms with van der Waals surface area (Å²) in [6.45, 7) is 0. The quantitative estimate of drug-likeness (QED) is 0.812. The lowest BCUT2D eigenvalue weighted by molar-refractivity contribution is 0.1000. The molecule has 0 radical (unpaired) electrons. The van der Waals surface area contributed by atoms with E-state index in [0.29, 0.717) is 12.0 Å². The van der Waals surface area contributed by atoms with Crippen LogP contribution in [0.1, 0.15) is 21.7 Å². The number of carbonyl (C=O) groups excluding carboxylic acids is 1. The van der Waals surface area contributed by atoms with E-state index in [0.717, 1.165) is 11.4 Å². The van der Waals surface area contributed by atoms with E-state index in [-0.39, 0.29) is 0 Å². The molecular formula is C11H12N4O. The van der Waals surface area contributed by atoms with Gasteiger partial charge in [-0.1, -0.05) is 0 Å². The summed E-state index contributed by atoms with van der Waals surface area (Å²) in [4.78, 5) is 19.3. The molecule has 1 amide bonds. The zero-order valence-electron chi connectivity index (χ0n) is 8.92. The van der Waals surface area contributed by atoms with E-state index in [1.165, 1.54) is 0 Å². The molecular weight excluding hydrogens is 204 g/mol. The summed E-state index contributed by atoms with van der Waals surface area (Å²) >= 11 is 0. The number of amides is 1. The Balaban J connectivity index is 2.21. The molecule has 0 spiro atoms. The summed E-state index contributed by atoms with van der Waals surface area (Å²) in [5, 5.41) is 0. The largest absolute Gasteiger partial charge is 0.366 e. The minimum Gasteiger partial charge on any atom is -0.366 e. The van der Waals surface area contributed by atoms with Crippen LogP contribution < -0.4 is 5.73 Å². The van der Waals surface area contributed by atoms with Crippen LogP contribution in [0.4, 0.5) is 0 Å². The minimum atomic E-state index is -0.440. The molecule has 0 atom stereocenters. The van der Waals surface area contributed by atoms with Crippen LogP contribution in [0.5, 0.6) is 0 Å². The van der Waals surface area contributed by atoms with Gasteiger partial charge in [0.15, 0.2) is 0 Å². The second kappa shape index (κ2) is 4.14. The lowest BCUT2D eigenvalue weighted by Gasteiger charge is -1.99. The van der Waals surface area contributed by atoms with Gasteiger partial charge >= 0.3 is 0 Å². The number of pyridine rings is 1. The molecule has 2 aromatic heterocycles. The Morgan fingerprint density at radius 2 is 2.25 bits per heavy atom. The molecule has 82 valence electrons. The molecule has 2 rings (SSSR count). The average Bonchev–Trinajstić information content (AvgIpc) is 2.64. The number of nitrogens with two attached hydrogens (primary N) is 1. The lowest BCUT2D eigenvalue weighted by atomic mass is 10.1. The van der Waals surface area contributed by atoms with Gasteiger partial charge in [0.1, 0.15) is 0 Å². The third kappa shape index (κ3) is 2.25. The highest BCUT2D eigenvalue weighted by atomic mass is 16.1. The Bertz CT molecular complexity index is 518. The zero-order valence-corrected chi connectivity index (χ0v) is 8.92. The second-order valence-electron chi connectivity index (χ2n) is 3.61. The maximum Gasteiger partial charge on any atom is 0.248 e. The van der Waals surface area contributed by atoms with Crippen molar-refractivity contribution in [3.8, 4) is 0 Å². The van der Waals surface area contributed by atoms with Gasteiger partial charge in [0, 0.05) is 37.1 Å². The highest BCUT2D eigenvalue weighted by Crippen LogP contribution is 2.06. The first-order valence-electron chi connectivity index (χ1n) is 4.87. The normalized spacial score (nSPS) is 10.3. The molecule has 5 nitrogen and oxygen atoms in total. The predicted molar refractivity (Wildman–Crippen MR) is 58.8 cm³/mol. The molecule has 2 aromatic rings. The lowest BCUT2D eigenvalue weighted by Crippen LogP contribution is -2.11. The number of aryl methyl sites for hydroxylation is 1. The Labute approximate surface area is 92.9 Å². The minimum absolute atomic E-state index is 0.440. The topological polar surface area (TPSA) is 73.8 Å². The number of primary amides is 1. The van der Waals surface area contributed by atoms with Gasteiger partial charge in [0.2, 0.25) is 5.91 Å². The average molecular weight is 216 g/mol. The fraction of sp³-hybridized carbons (Fsp3) is 0.182. The third-order valence-corrected chi connectivity index (χ3v) is 2.22. The molecule has 0 fully saturated rings. The molecule has 5 heteroatoms. The van der Waals surface area contributed by atoms with Gasteiger partial charge in [0.05, 0.1) is 12.0 Å². The van der Waals surface area contributed by atoms with Crippen LogP contribution in [-0.2, 0) is 13.5 Å². The number of aromatic nitrogens is 3. The van der Waals surface area contributed by atoms with Crippen molar-refractivity contribution in [1.82, 2.24) is 14.5 Å². The van der Waals surface area contributed by atoms with Crippen LogP contribution >= 0.6 is 0 Å². The Morgan fingerprint density at radius 3 is 2.88 bits per heavy atom. The highest BCUT2D eigenvalue weighted by molar-refractivity contribution is 5.92. The summed E-state index contributed by atoms with van der Waals surface area (Å²) in [6.07, 6.45) is 5.83. The van der Waals surface area contributed by atoms with E-state index < -0.39 is 5.91 Å². The van der Waals surface area contributed by atoms with Crippen molar-refractivity contribution in [2.24, 2.45) is 12.8 Å². The van der Waals surface area contributed by atoms with Crippen LogP contribution in [-0.4, -0.2) is 20.4 Å². The Hall–Kier alpha value is -2.17. The molecule has 0 aliphatic carbocycles. The van der Waals surface area contributed by atoms with E-state index in [4.69, 9.17) is 5.73 Å². The Morgan fingerprint density at radius 1 is 1.44 bits per heavy atom. The van der Waals surface area contributed by atoms with Crippen LogP contribution in [0.15, 0.2) is 30.9 Å². The summed E-state index contributed by atoms with van der Waals surface area (Å²) in [5.74, 6) is -0.440. The number of rotatable bonds is 3. The van der Waals surface area contributed by atoms with Crippen molar-refractivity contribution in [3.05, 3.63) is 47.8 Å². The number of imidazole rings is 1. The summed E-state index contributed by atoms with van der Waals surface area (Å²) < 4.78 is 1.87. The van der Waals surface area contributed by atoms with Crippen LogP contribution in [0.25, 0.3) is 0 Å². The van der Waals surface area contributed by atoms with Gasteiger partial charge < -0.3 is 10.3 Å². The predicted octanol–water partition coefficient (Wildman–Crippen LogP) is 0.505. The highest BCUT2D eigenvalue weighted by Gasteiger charge is 2.04.